The first-order valence-electron chi connectivity index (χ1n) is 11.6. The van der Waals surface area contributed by atoms with E-state index in [4.69, 9.17) is 0 Å². The lowest BCUT2D eigenvalue weighted by atomic mass is 10.0. The van der Waals surface area contributed by atoms with E-state index in [2.05, 4.69) is 21.5 Å². The van der Waals surface area contributed by atoms with Crippen LogP contribution in [0.2, 0.25) is 0 Å². The Hall–Kier alpha value is -3.16. The summed E-state index contributed by atoms with van der Waals surface area (Å²) in [6, 6.07) is 10.5. The summed E-state index contributed by atoms with van der Waals surface area (Å²) < 4.78 is 29.7. The van der Waals surface area contributed by atoms with Crippen LogP contribution in [0.4, 0.5) is 11.5 Å². The van der Waals surface area contributed by atoms with Crippen LogP contribution in [0.1, 0.15) is 52.0 Å². The lowest BCUT2D eigenvalue weighted by Crippen LogP contribution is -2.42. The van der Waals surface area contributed by atoms with Crippen LogP contribution in [0.5, 0.6) is 0 Å². The van der Waals surface area contributed by atoms with E-state index in [1.54, 1.807) is 45.5 Å². The number of hydrogen-bond donors (Lipinski definition) is 2. The number of nitrogens with one attached hydrogen (secondary N) is 2. The average Bonchev–Trinajstić information content (AvgIpc) is 3.48. The van der Waals surface area contributed by atoms with Crippen molar-refractivity contribution in [3.63, 3.8) is 0 Å². The van der Waals surface area contributed by atoms with Gasteiger partial charge in [0.05, 0.1) is 28.9 Å². The molecule has 0 radical (unpaired) electrons. The largest absolute Gasteiger partial charge is 0.338 e. The van der Waals surface area contributed by atoms with E-state index >= 15 is 0 Å². The van der Waals surface area contributed by atoms with E-state index < -0.39 is 15.6 Å². The number of anilines is 2. The van der Waals surface area contributed by atoms with E-state index in [0.717, 1.165) is 25.7 Å². The van der Waals surface area contributed by atoms with Crippen molar-refractivity contribution in [1.82, 2.24) is 19.1 Å². The SMILES string of the molecule is CC1(C)CCCN1S(=O)(=O)c1ccc(Nc2nn(C(CC#N)C3CC3)c3cc[nH]c(=O)c23)cc1. The van der Waals surface area contributed by atoms with E-state index in [1.807, 2.05) is 13.8 Å². The number of H-pyrrole nitrogens is 1. The van der Waals surface area contributed by atoms with Crippen molar-refractivity contribution in [1.29, 1.82) is 5.26 Å². The highest BCUT2D eigenvalue weighted by atomic mass is 32.2. The number of fused-ring (bicyclic) bond motifs is 1. The van der Waals surface area contributed by atoms with Gasteiger partial charge in [-0.3, -0.25) is 9.48 Å². The summed E-state index contributed by atoms with van der Waals surface area (Å²) in [5.74, 6) is 0.769. The molecule has 0 bridgehead atoms. The molecule has 5 rings (SSSR count). The maximum absolute atomic E-state index is 13.2. The van der Waals surface area contributed by atoms with Crippen LogP contribution in [0.3, 0.4) is 0 Å². The van der Waals surface area contributed by atoms with Crippen molar-refractivity contribution in [3.05, 3.63) is 46.9 Å². The van der Waals surface area contributed by atoms with Crippen molar-refractivity contribution in [2.45, 2.75) is 62.4 Å². The maximum atomic E-state index is 13.2. The number of benzene rings is 1. The third-order valence-corrected chi connectivity index (χ3v) is 9.07. The molecule has 2 fully saturated rings. The zero-order valence-electron chi connectivity index (χ0n) is 19.3. The number of sulfonamides is 1. The van der Waals surface area contributed by atoms with Crippen molar-refractivity contribution in [3.8, 4) is 6.07 Å². The van der Waals surface area contributed by atoms with Crippen molar-refractivity contribution in [2.75, 3.05) is 11.9 Å². The molecule has 1 aromatic carbocycles. The number of nitriles is 1. The predicted molar refractivity (Wildman–Crippen MR) is 129 cm³/mol. The molecular formula is C24H28N6O3S. The highest BCUT2D eigenvalue weighted by Gasteiger charge is 2.40. The summed E-state index contributed by atoms with van der Waals surface area (Å²) in [5.41, 5.74) is 0.629. The number of pyridine rings is 1. The van der Waals surface area contributed by atoms with Gasteiger partial charge in [-0.1, -0.05) is 0 Å². The number of nitrogens with zero attached hydrogens (tertiary/aromatic N) is 4. The predicted octanol–water partition coefficient (Wildman–Crippen LogP) is 3.90. The lowest BCUT2D eigenvalue weighted by Gasteiger charge is -2.30. The summed E-state index contributed by atoms with van der Waals surface area (Å²) in [6.07, 6.45) is 5.69. The van der Waals surface area contributed by atoms with E-state index in [0.29, 0.717) is 41.3 Å². The van der Waals surface area contributed by atoms with Crippen molar-refractivity contribution < 1.29 is 8.42 Å². The number of hydrogen-bond acceptors (Lipinski definition) is 6. The van der Waals surface area contributed by atoms with Gasteiger partial charge in [-0.05, 0) is 75.8 Å². The molecule has 178 valence electrons. The molecule has 1 saturated heterocycles. The first-order valence-corrected chi connectivity index (χ1v) is 13.0. The van der Waals surface area contributed by atoms with Gasteiger partial charge in [0.15, 0.2) is 5.82 Å². The fraction of sp³-hybridized carbons (Fsp3) is 0.458. The van der Waals surface area contributed by atoms with Gasteiger partial charge in [0.2, 0.25) is 10.0 Å². The molecule has 1 aliphatic heterocycles. The highest BCUT2D eigenvalue weighted by Crippen LogP contribution is 2.43. The zero-order chi connectivity index (χ0) is 24.1. The van der Waals surface area contributed by atoms with Crippen molar-refractivity contribution in [2.24, 2.45) is 5.92 Å². The molecule has 2 aliphatic rings. The van der Waals surface area contributed by atoms with Crippen LogP contribution in [0, 0.1) is 17.2 Å². The minimum absolute atomic E-state index is 0.0822. The van der Waals surface area contributed by atoms with Crippen molar-refractivity contribution >= 4 is 32.4 Å². The molecule has 10 heteroatoms. The number of aromatic amines is 1. The lowest BCUT2D eigenvalue weighted by molar-refractivity contribution is 0.292. The number of rotatable bonds is 7. The average molecular weight is 481 g/mol. The summed E-state index contributed by atoms with van der Waals surface area (Å²) in [5, 5.41) is 17.6. The third kappa shape index (κ3) is 3.89. The Morgan fingerprint density at radius 1 is 1.26 bits per heavy atom. The van der Waals surface area contributed by atoms with Gasteiger partial charge in [-0.2, -0.15) is 14.7 Å². The minimum atomic E-state index is -3.59. The van der Waals surface area contributed by atoms with Gasteiger partial charge in [-0.15, -0.1) is 0 Å². The van der Waals surface area contributed by atoms with Crippen LogP contribution < -0.4 is 10.9 Å². The summed E-state index contributed by atoms with van der Waals surface area (Å²) in [4.78, 5) is 15.6. The van der Waals surface area contributed by atoms with Crippen LogP contribution in [-0.4, -0.2) is 39.6 Å². The maximum Gasteiger partial charge on any atom is 0.261 e. The molecule has 34 heavy (non-hydrogen) atoms. The quantitative estimate of drug-likeness (QED) is 0.529. The Kier molecular flexibility index (Phi) is 5.49. The molecule has 1 atom stereocenters. The molecule has 3 aromatic rings. The van der Waals surface area contributed by atoms with Gasteiger partial charge in [0.25, 0.3) is 5.56 Å². The minimum Gasteiger partial charge on any atom is -0.338 e. The van der Waals surface area contributed by atoms with E-state index in [1.165, 1.54) is 0 Å². The fourth-order valence-electron chi connectivity index (χ4n) is 4.97. The Balaban J connectivity index is 1.47. The molecule has 1 saturated carbocycles. The first-order chi connectivity index (χ1) is 16.2. The molecule has 1 aliphatic carbocycles. The molecule has 2 N–H and O–H groups in total. The summed E-state index contributed by atoms with van der Waals surface area (Å²) in [7, 11) is -3.59. The Morgan fingerprint density at radius 2 is 2.00 bits per heavy atom. The Labute approximate surface area is 198 Å². The zero-order valence-corrected chi connectivity index (χ0v) is 20.1. The van der Waals surface area contributed by atoms with Gasteiger partial charge in [0.1, 0.15) is 5.39 Å². The van der Waals surface area contributed by atoms with Crippen LogP contribution in [-0.2, 0) is 10.0 Å². The van der Waals surface area contributed by atoms with Gasteiger partial charge >= 0.3 is 0 Å². The molecule has 9 nitrogen and oxygen atoms in total. The Morgan fingerprint density at radius 3 is 2.62 bits per heavy atom. The smallest absolute Gasteiger partial charge is 0.261 e. The second kappa shape index (κ2) is 8.25. The van der Waals surface area contributed by atoms with E-state index in [-0.39, 0.29) is 16.5 Å². The second-order valence-corrected chi connectivity index (χ2v) is 11.6. The van der Waals surface area contributed by atoms with Crippen LogP contribution >= 0.6 is 0 Å². The summed E-state index contributed by atoms with van der Waals surface area (Å²) >= 11 is 0. The topological polar surface area (TPSA) is 124 Å². The fourth-order valence-corrected chi connectivity index (χ4v) is 6.82. The molecule has 0 spiro atoms. The van der Waals surface area contributed by atoms with Gasteiger partial charge in [0, 0.05) is 24.0 Å². The van der Waals surface area contributed by atoms with E-state index in [9.17, 15) is 18.5 Å². The monoisotopic (exact) mass is 480 g/mol. The standard InChI is InChI=1S/C24H28N6O3S/c1-24(2)12-3-15-29(24)34(32,33)18-8-6-17(7-9-18)27-22-21-20(11-14-26-23(21)31)30(28-22)19(10-13-25)16-4-5-16/h6-9,11,14,16,19H,3-5,10,12,15H2,1-2H3,(H,26,31)(H,27,28). The number of aromatic nitrogens is 3. The third-order valence-electron chi connectivity index (χ3n) is 6.94. The molecule has 0 amide bonds. The second-order valence-electron chi connectivity index (χ2n) is 9.77. The molecule has 2 aromatic heterocycles. The van der Waals surface area contributed by atoms with Crippen LogP contribution in [0.15, 0.2) is 46.2 Å². The van der Waals surface area contributed by atoms with Gasteiger partial charge < -0.3 is 10.3 Å². The van der Waals surface area contributed by atoms with Crippen LogP contribution in [0.25, 0.3) is 10.9 Å². The normalized spacial score (nSPS) is 19.2. The Bertz CT molecular complexity index is 1430. The highest BCUT2D eigenvalue weighted by molar-refractivity contribution is 7.89. The van der Waals surface area contributed by atoms with Gasteiger partial charge in [-0.25, -0.2) is 8.42 Å². The first kappa shape index (κ1) is 22.6. The molecule has 3 heterocycles. The molecular weight excluding hydrogens is 452 g/mol. The summed E-state index contributed by atoms with van der Waals surface area (Å²) in [6.45, 7) is 4.42. The molecule has 1 unspecified atom stereocenters.